The van der Waals surface area contributed by atoms with Crippen LogP contribution in [0.25, 0.3) is 0 Å². The first-order valence-electron chi connectivity index (χ1n) is 12.2. The molecule has 0 spiro atoms. The minimum Gasteiger partial charge on any atom is -0.483 e. The summed E-state index contributed by atoms with van der Waals surface area (Å²) >= 11 is 1.67. The summed E-state index contributed by atoms with van der Waals surface area (Å²) in [7, 11) is 0. The highest BCUT2D eigenvalue weighted by Crippen LogP contribution is 2.36. The fraction of sp³-hybridized carbons (Fsp3) is 0.731. The van der Waals surface area contributed by atoms with Gasteiger partial charge in [-0.05, 0) is 49.6 Å². The Morgan fingerprint density at radius 3 is 2.23 bits per heavy atom. The molecule has 1 aliphatic carbocycles. The summed E-state index contributed by atoms with van der Waals surface area (Å²) in [5, 5.41) is 0. The molecule has 30 heavy (non-hydrogen) atoms. The van der Waals surface area contributed by atoms with Gasteiger partial charge in [-0.25, -0.2) is 0 Å². The van der Waals surface area contributed by atoms with Crippen molar-refractivity contribution in [2.45, 2.75) is 109 Å². The molecule has 0 unspecified atom stereocenters. The van der Waals surface area contributed by atoms with Gasteiger partial charge in [0, 0.05) is 12.3 Å². The molecule has 170 valence electrons. The number of hydrogen-bond acceptors (Lipinski definition) is 4. The van der Waals surface area contributed by atoms with Crippen LogP contribution >= 0.6 is 11.8 Å². The van der Waals surface area contributed by atoms with Crippen LogP contribution in [0.15, 0.2) is 24.3 Å². The Labute approximate surface area is 188 Å². The normalized spacial score (nSPS) is 18.9. The maximum atomic E-state index is 12.4. The van der Waals surface area contributed by atoms with Crippen LogP contribution < -0.4 is 4.74 Å². The number of ether oxygens (including phenoxy) is 2. The van der Waals surface area contributed by atoms with E-state index in [1.807, 2.05) is 18.4 Å². The fourth-order valence-corrected chi connectivity index (χ4v) is 4.62. The van der Waals surface area contributed by atoms with Gasteiger partial charge in [0.1, 0.15) is 17.8 Å². The number of carbonyl (C=O) groups is 1. The molecule has 1 fully saturated rings. The van der Waals surface area contributed by atoms with Gasteiger partial charge in [-0.1, -0.05) is 76.8 Å². The molecule has 0 aromatic heterocycles. The monoisotopic (exact) mass is 434 g/mol. The summed E-state index contributed by atoms with van der Waals surface area (Å²) < 4.78 is 11.6. The molecule has 1 aromatic rings. The smallest absolute Gasteiger partial charge is 0.306 e. The zero-order chi connectivity index (χ0) is 21.4. The first kappa shape index (κ1) is 25.1. The molecule has 3 nitrogen and oxygen atoms in total. The Morgan fingerprint density at radius 2 is 1.57 bits per heavy atom. The number of esters is 1. The van der Waals surface area contributed by atoms with E-state index in [2.05, 4.69) is 19.1 Å². The fourth-order valence-electron chi connectivity index (χ4n) is 4.37. The average Bonchev–Trinajstić information content (AvgIpc) is 2.77. The lowest BCUT2D eigenvalue weighted by atomic mass is 9.81. The highest BCUT2D eigenvalue weighted by atomic mass is 32.2. The van der Waals surface area contributed by atoms with E-state index in [0.717, 1.165) is 37.9 Å². The Balaban J connectivity index is 1.68. The number of benzene rings is 1. The minimum absolute atomic E-state index is 0.00484. The minimum atomic E-state index is -0.00484. The predicted octanol–water partition coefficient (Wildman–Crippen LogP) is 7.88. The van der Waals surface area contributed by atoms with Crippen LogP contribution in [0, 0.1) is 0 Å². The molecule has 2 rings (SSSR count). The van der Waals surface area contributed by atoms with Gasteiger partial charge < -0.3 is 9.47 Å². The molecule has 4 heteroatoms. The molecule has 2 atom stereocenters. The Bertz CT molecular complexity index is 572. The van der Waals surface area contributed by atoms with Crippen molar-refractivity contribution >= 4 is 17.7 Å². The van der Waals surface area contributed by atoms with E-state index < -0.39 is 0 Å². The molecule has 0 radical (unpaired) electrons. The van der Waals surface area contributed by atoms with E-state index in [1.165, 1.54) is 56.9 Å². The molecule has 0 aliphatic heterocycles. The molecule has 1 saturated carbocycles. The first-order chi connectivity index (χ1) is 14.7. The highest BCUT2D eigenvalue weighted by molar-refractivity contribution is 7.98. The summed E-state index contributed by atoms with van der Waals surface area (Å²) in [6.45, 7) is 2.26. The Hall–Kier alpha value is -1.16. The Kier molecular flexibility index (Phi) is 13.1. The van der Waals surface area contributed by atoms with Crippen molar-refractivity contribution in [3.63, 3.8) is 0 Å². The second-order valence-electron chi connectivity index (χ2n) is 8.62. The topological polar surface area (TPSA) is 35.5 Å². The van der Waals surface area contributed by atoms with Crippen LogP contribution in [0.4, 0.5) is 0 Å². The number of thioether (sulfide) groups is 1. The number of unbranched alkanes of at least 4 members (excludes halogenated alkanes) is 8. The molecular formula is C26H42O3S. The number of rotatable bonds is 15. The van der Waals surface area contributed by atoms with Crippen LogP contribution in [-0.4, -0.2) is 24.3 Å². The average molecular weight is 435 g/mol. The van der Waals surface area contributed by atoms with Crippen LogP contribution in [0.3, 0.4) is 0 Å². The van der Waals surface area contributed by atoms with E-state index in [4.69, 9.17) is 9.47 Å². The van der Waals surface area contributed by atoms with Crippen molar-refractivity contribution in [1.29, 1.82) is 0 Å². The third-order valence-corrected chi connectivity index (χ3v) is 6.48. The lowest BCUT2D eigenvalue weighted by molar-refractivity contribution is -0.151. The van der Waals surface area contributed by atoms with E-state index in [9.17, 15) is 4.79 Å². The summed E-state index contributed by atoms with van der Waals surface area (Å²) in [5.74, 6) is 1.89. The van der Waals surface area contributed by atoms with Gasteiger partial charge >= 0.3 is 5.97 Å². The van der Waals surface area contributed by atoms with Gasteiger partial charge in [-0.3, -0.25) is 4.79 Å². The molecule has 0 amide bonds. The lowest BCUT2D eigenvalue weighted by Gasteiger charge is -2.31. The lowest BCUT2D eigenvalue weighted by Crippen LogP contribution is -2.28. The number of hydrogen-bond donors (Lipinski definition) is 0. The van der Waals surface area contributed by atoms with Gasteiger partial charge in [0.2, 0.25) is 0 Å². The zero-order valence-electron chi connectivity index (χ0n) is 19.2. The molecule has 0 saturated heterocycles. The van der Waals surface area contributed by atoms with Crippen LogP contribution in [0.5, 0.6) is 5.75 Å². The SMILES string of the molecule is CCCCCCCCCCCC(=O)O[C@@H]1CCCC[C@H]1c1ccc(OCSC)cc1. The van der Waals surface area contributed by atoms with Gasteiger partial charge in [-0.15, -0.1) is 11.8 Å². The van der Waals surface area contributed by atoms with Crippen LogP contribution in [0.2, 0.25) is 0 Å². The summed E-state index contributed by atoms with van der Waals surface area (Å²) in [6, 6.07) is 8.38. The predicted molar refractivity (Wildman–Crippen MR) is 128 cm³/mol. The van der Waals surface area contributed by atoms with E-state index in [0.29, 0.717) is 18.3 Å². The summed E-state index contributed by atoms with van der Waals surface area (Å²) in [6.07, 6.45) is 18.5. The highest BCUT2D eigenvalue weighted by Gasteiger charge is 2.29. The van der Waals surface area contributed by atoms with E-state index in [-0.39, 0.29) is 12.1 Å². The second kappa shape index (κ2) is 15.6. The van der Waals surface area contributed by atoms with E-state index >= 15 is 0 Å². The quantitative estimate of drug-likeness (QED) is 0.160. The molecule has 0 heterocycles. The van der Waals surface area contributed by atoms with Gasteiger partial charge in [0.25, 0.3) is 0 Å². The van der Waals surface area contributed by atoms with E-state index in [1.54, 1.807) is 11.8 Å². The molecule has 0 bridgehead atoms. The van der Waals surface area contributed by atoms with Crippen molar-refractivity contribution in [3.8, 4) is 5.75 Å². The molecule has 1 aliphatic rings. The van der Waals surface area contributed by atoms with Crippen molar-refractivity contribution in [3.05, 3.63) is 29.8 Å². The largest absolute Gasteiger partial charge is 0.483 e. The third-order valence-electron chi connectivity index (χ3n) is 6.12. The maximum Gasteiger partial charge on any atom is 0.306 e. The molecule has 1 aromatic carbocycles. The zero-order valence-corrected chi connectivity index (χ0v) is 20.0. The number of carbonyl (C=O) groups excluding carboxylic acids is 1. The van der Waals surface area contributed by atoms with Gasteiger partial charge in [-0.2, -0.15) is 0 Å². The third kappa shape index (κ3) is 9.76. The van der Waals surface area contributed by atoms with Crippen LogP contribution in [-0.2, 0) is 9.53 Å². The van der Waals surface area contributed by atoms with Gasteiger partial charge in [0.05, 0.1) is 0 Å². The summed E-state index contributed by atoms with van der Waals surface area (Å²) in [4.78, 5) is 12.4. The molecular weight excluding hydrogens is 392 g/mol. The second-order valence-corrected chi connectivity index (χ2v) is 9.43. The molecule has 0 N–H and O–H groups in total. The van der Waals surface area contributed by atoms with Crippen molar-refractivity contribution < 1.29 is 14.3 Å². The van der Waals surface area contributed by atoms with Crippen molar-refractivity contribution in [2.75, 3.05) is 12.2 Å². The summed E-state index contributed by atoms with van der Waals surface area (Å²) in [5.41, 5.74) is 1.27. The van der Waals surface area contributed by atoms with Crippen molar-refractivity contribution in [1.82, 2.24) is 0 Å². The standard InChI is InChI=1S/C26H42O3S/c1-3-4-5-6-7-8-9-10-11-16-26(27)29-25-15-13-12-14-24(25)22-17-19-23(20-18-22)28-21-30-2/h17-20,24-25H,3-16,21H2,1-2H3/t24-,25+/m0/s1. The Morgan fingerprint density at radius 1 is 0.933 bits per heavy atom. The maximum absolute atomic E-state index is 12.4. The van der Waals surface area contributed by atoms with Gasteiger partial charge in [0.15, 0.2) is 0 Å². The van der Waals surface area contributed by atoms with Crippen molar-refractivity contribution in [2.24, 2.45) is 0 Å². The van der Waals surface area contributed by atoms with Crippen LogP contribution in [0.1, 0.15) is 108 Å². The first-order valence-corrected chi connectivity index (χ1v) is 13.5.